The molecule has 1 atom stereocenters. The van der Waals surface area contributed by atoms with E-state index >= 15 is 0 Å². The van der Waals surface area contributed by atoms with Crippen LogP contribution < -0.4 is 20.5 Å². The molecule has 0 amide bonds. The van der Waals surface area contributed by atoms with Crippen LogP contribution in [0.5, 0.6) is 0 Å². The van der Waals surface area contributed by atoms with Crippen molar-refractivity contribution in [2.45, 2.75) is 13.0 Å². The van der Waals surface area contributed by atoms with Crippen LogP contribution in [0.3, 0.4) is 0 Å². The van der Waals surface area contributed by atoms with Gasteiger partial charge in [-0.05, 0) is 49.0 Å². The first-order valence-corrected chi connectivity index (χ1v) is 8.53. The van der Waals surface area contributed by atoms with E-state index in [1.807, 2.05) is 35.1 Å². The number of nitrogens with one attached hydrogen (secondary N) is 3. The van der Waals surface area contributed by atoms with E-state index in [2.05, 4.69) is 21.0 Å². The summed E-state index contributed by atoms with van der Waals surface area (Å²) in [6.07, 6.45) is 3.61. The van der Waals surface area contributed by atoms with Crippen LogP contribution in [0.1, 0.15) is 18.5 Å². The Balaban J connectivity index is 1.55. The monoisotopic (exact) mass is 361 g/mol. The molecular weight excluding hydrogens is 345 g/mol. The van der Waals surface area contributed by atoms with Crippen molar-refractivity contribution in [2.24, 2.45) is 0 Å². The van der Waals surface area contributed by atoms with Crippen molar-refractivity contribution in [3.8, 4) is 0 Å². The molecule has 3 rings (SSSR count). The predicted molar refractivity (Wildman–Crippen MR) is 101 cm³/mol. The molecule has 8 heteroatoms. The lowest BCUT2D eigenvalue weighted by atomic mass is 10.1. The molecule has 2 heterocycles. The molecule has 24 heavy (non-hydrogen) atoms. The molecule has 0 aliphatic carbocycles. The van der Waals surface area contributed by atoms with Crippen molar-refractivity contribution in [3.63, 3.8) is 0 Å². The van der Waals surface area contributed by atoms with Gasteiger partial charge in [0, 0.05) is 23.6 Å². The second-order valence-electron chi connectivity index (χ2n) is 5.10. The topological polar surface area (TPSA) is 52.2 Å². The van der Waals surface area contributed by atoms with Crippen molar-refractivity contribution in [1.82, 2.24) is 15.7 Å². The molecule has 1 aliphatic rings. The van der Waals surface area contributed by atoms with E-state index in [1.54, 1.807) is 18.3 Å². The fourth-order valence-electron chi connectivity index (χ4n) is 2.12. The molecule has 0 radical (unpaired) electrons. The van der Waals surface area contributed by atoms with E-state index in [0.29, 0.717) is 10.9 Å². The third-order valence-corrected chi connectivity index (χ3v) is 4.37. The molecule has 0 spiro atoms. The van der Waals surface area contributed by atoms with Crippen molar-refractivity contribution in [3.05, 3.63) is 65.6 Å². The van der Waals surface area contributed by atoms with E-state index in [4.69, 9.17) is 12.2 Å². The number of nitrogens with zero attached hydrogens (tertiary/aromatic N) is 2. The maximum Gasteiger partial charge on any atom is 0.172 e. The second-order valence-corrected chi connectivity index (χ2v) is 6.36. The molecule has 3 N–H and O–H groups in total. The molecule has 2 aromatic rings. The average Bonchev–Trinajstić information content (AvgIpc) is 3.10. The van der Waals surface area contributed by atoms with Gasteiger partial charge in [0.1, 0.15) is 11.6 Å². The van der Waals surface area contributed by atoms with Gasteiger partial charge in [-0.2, -0.15) is 0 Å². The molecule has 5 nitrogen and oxygen atoms in total. The minimum absolute atomic E-state index is 0.0406. The van der Waals surface area contributed by atoms with E-state index in [-0.39, 0.29) is 11.9 Å². The Kier molecular flexibility index (Phi) is 5.17. The number of hydrazine groups is 1. The summed E-state index contributed by atoms with van der Waals surface area (Å²) in [5.74, 6) is 0.400. The first kappa shape index (κ1) is 16.5. The summed E-state index contributed by atoms with van der Waals surface area (Å²) in [6.45, 7) is 1.96. The average molecular weight is 361 g/mol. The standard InChI is InChI=1S/C16H16FN5S2/c1-11(12-2-4-13(17)5-3-12)20-16(23)21-15-7-6-14(10-18-15)22-19-8-9-24-22/h2-11,19H,1H3,(H2,18,20,21,23). The van der Waals surface area contributed by atoms with Gasteiger partial charge < -0.3 is 10.6 Å². The van der Waals surface area contributed by atoms with Crippen molar-refractivity contribution in [2.75, 3.05) is 9.73 Å². The Morgan fingerprint density at radius 2 is 2.08 bits per heavy atom. The predicted octanol–water partition coefficient (Wildman–Crippen LogP) is 3.71. The van der Waals surface area contributed by atoms with Crippen molar-refractivity contribution < 1.29 is 4.39 Å². The number of halogens is 1. The lowest BCUT2D eigenvalue weighted by Crippen LogP contribution is -2.31. The maximum atomic E-state index is 13.0. The van der Waals surface area contributed by atoms with Gasteiger partial charge in [0.15, 0.2) is 5.11 Å². The SMILES string of the molecule is CC(NC(=S)Nc1ccc(N2NC=CS2)cn1)c1ccc(F)cc1. The van der Waals surface area contributed by atoms with Crippen molar-refractivity contribution >= 4 is 40.8 Å². The number of hydrogen-bond donors (Lipinski definition) is 3. The van der Waals surface area contributed by atoms with E-state index < -0.39 is 0 Å². The molecular formula is C16H16FN5S2. The lowest BCUT2D eigenvalue weighted by molar-refractivity contribution is 0.624. The molecule has 0 saturated heterocycles. The van der Waals surface area contributed by atoms with E-state index in [9.17, 15) is 4.39 Å². The van der Waals surface area contributed by atoms with Crippen LogP contribution in [0.4, 0.5) is 15.9 Å². The Bertz CT molecular complexity index is 725. The number of benzene rings is 1. The molecule has 0 bridgehead atoms. The summed E-state index contributed by atoms with van der Waals surface area (Å²) in [5, 5.41) is 8.61. The van der Waals surface area contributed by atoms with Crippen LogP contribution in [0, 0.1) is 5.82 Å². The minimum atomic E-state index is -0.253. The molecule has 1 aromatic carbocycles. The molecule has 1 unspecified atom stereocenters. The Labute approximate surface area is 149 Å². The summed E-state index contributed by atoms with van der Waals surface area (Å²) in [7, 11) is 0. The first-order valence-electron chi connectivity index (χ1n) is 7.29. The van der Waals surface area contributed by atoms with Crippen molar-refractivity contribution in [1.29, 1.82) is 0 Å². The van der Waals surface area contributed by atoms with Gasteiger partial charge in [-0.15, -0.1) is 0 Å². The fourth-order valence-corrected chi connectivity index (χ4v) is 3.00. The van der Waals surface area contributed by atoms with Crippen LogP contribution in [0.15, 0.2) is 54.2 Å². The summed E-state index contributed by atoms with van der Waals surface area (Å²) in [5.41, 5.74) is 4.96. The fraction of sp³-hybridized carbons (Fsp3) is 0.125. The summed E-state index contributed by atoms with van der Waals surface area (Å²) < 4.78 is 14.9. The highest BCUT2D eigenvalue weighted by Crippen LogP contribution is 2.24. The number of aromatic nitrogens is 1. The van der Waals surface area contributed by atoms with Gasteiger partial charge >= 0.3 is 0 Å². The lowest BCUT2D eigenvalue weighted by Gasteiger charge is -2.18. The van der Waals surface area contributed by atoms with E-state index in [1.165, 1.54) is 24.1 Å². The second kappa shape index (κ2) is 7.50. The highest BCUT2D eigenvalue weighted by Gasteiger charge is 2.10. The third kappa shape index (κ3) is 4.15. The number of hydrogen-bond acceptors (Lipinski definition) is 5. The summed E-state index contributed by atoms with van der Waals surface area (Å²) in [4.78, 5) is 4.34. The Morgan fingerprint density at radius 1 is 1.29 bits per heavy atom. The van der Waals surface area contributed by atoms with Crippen LogP contribution in [-0.2, 0) is 0 Å². The molecule has 0 saturated carbocycles. The third-order valence-electron chi connectivity index (χ3n) is 3.37. The molecule has 1 aromatic heterocycles. The smallest absolute Gasteiger partial charge is 0.172 e. The van der Waals surface area contributed by atoms with Gasteiger partial charge in [0.2, 0.25) is 0 Å². The number of rotatable bonds is 4. The normalized spacial score (nSPS) is 14.2. The summed E-state index contributed by atoms with van der Waals surface area (Å²) in [6, 6.07) is 10.1. The summed E-state index contributed by atoms with van der Waals surface area (Å²) >= 11 is 6.84. The Hall–Kier alpha value is -2.32. The quantitative estimate of drug-likeness (QED) is 0.567. The number of pyridine rings is 1. The van der Waals surface area contributed by atoms with Gasteiger partial charge in [-0.3, -0.25) is 5.43 Å². The molecule has 124 valence electrons. The number of anilines is 2. The highest BCUT2D eigenvalue weighted by molar-refractivity contribution is 8.03. The van der Waals surface area contributed by atoms with Gasteiger partial charge in [0.05, 0.1) is 17.9 Å². The maximum absolute atomic E-state index is 13.0. The van der Waals surface area contributed by atoms with Crippen LogP contribution in [0.2, 0.25) is 0 Å². The first-order chi connectivity index (χ1) is 11.6. The van der Waals surface area contributed by atoms with E-state index in [0.717, 1.165) is 11.3 Å². The zero-order chi connectivity index (χ0) is 16.9. The minimum Gasteiger partial charge on any atom is -0.356 e. The number of thiocarbonyl (C=S) groups is 1. The van der Waals surface area contributed by atoms with Crippen LogP contribution in [-0.4, -0.2) is 10.1 Å². The van der Waals surface area contributed by atoms with Crippen LogP contribution >= 0.6 is 24.2 Å². The van der Waals surface area contributed by atoms with Gasteiger partial charge in [-0.1, -0.05) is 12.1 Å². The Morgan fingerprint density at radius 3 is 2.71 bits per heavy atom. The van der Waals surface area contributed by atoms with Gasteiger partial charge in [-0.25, -0.2) is 13.8 Å². The highest BCUT2D eigenvalue weighted by atomic mass is 32.2. The largest absolute Gasteiger partial charge is 0.356 e. The zero-order valence-electron chi connectivity index (χ0n) is 12.9. The molecule has 0 fully saturated rings. The van der Waals surface area contributed by atoms with Gasteiger partial charge in [0.25, 0.3) is 0 Å². The zero-order valence-corrected chi connectivity index (χ0v) is 14.5. The van der Waals surface area contributed by atoms with Crippen LogP contribution in [0.25, 0.3) is 0 Å². The molecule has 1 aliphatic heterocycles.